The number of nitrogens with one attached hydrogen (secondary N) is 2. The first-order valence-electron chi connectivity index (χ1n) is 13.1. The molecule has 0 saturated heterocycles. The van der Waals surface area contributed by atoms with Gasteiger partial charge in [-0.05, 0) is 65.7 Å². The van der Waals surface area contributed by atoms with Crippen molar-refractivity contribution >= 4 is 17.7 Å². The molecule has 0 aliphatic carbocycles. The van der Waals surface area contributed by atoms with Crippen molar-refractivity contribution in [3.63, 3.8) is 0 Å². The molecule has 0 unspecified atom stereocenters. The van der Waals surface area contributed by atoms with Crippen LogP contribution in [0, 0.1) is 5.82 Å². The Hall–Kier alpha value is -5.90. The number of halogens is 1. The average molecular weight is 577 g/mol. The van der Waals surface area contributed by atoms with Gasteiger partial charge in [0.15, 0.2) is 0 Å². The molecule has 0 aliphatic heterocycles. The normalized spacial score (nSPS) is 10.5. The number of rotatable bonds is 9. The van der Waals surface area contributed by atoms with Crippen molar-refractivity contribution in [2.75, 3.05) is 7.11 Å². The topological polar surface area (TPSA) is 120 Å². The van der Waals surface area contributed by atoms with Gasteiger partial charge in [-0.3, -0.25) is 24.7 Å². The number of ether oxygens (including phenoxy) is 2. The molecule has 5 aromatic rings. The fraction of sp³-hybridized carbons (Fsp3) is 0.0606. The maximum atomic E-state index is 15.0. The van der Waals surface area contributed by atoms with E-state index in [0.717, 1.165) is 0 Å². The highest BCUT2D eigenvalue weighted by Crippen LogP contribution is 2.27. The number of aromatic nitrogens is 2. The lowest BCUT2D eigenvalue weighted by atomic mass is 10.0. The number of benzene rings is 3. The number of hydrogen-bond donors (Lipinski definition) is 2. The minimum absolute atomic E-state index is 0.0676. The van der Waals surface area contributed by atoms with Gasteiger partial charge in [0.1, 0.15) is 28.6 Å². The average Bonchev–Trinajstić information content (AvgIpc) is 3.04. The molecule has 2 aromatic heterocycles. The standard InChI is InChI=1S/C33H25FN4O5/c1-42-25-6-4-7-26(19-25)43-33-27(8-5-17-36-33)31(40)37-20-24-15-14-23(18-28(24)34)21-10-12-22(13-11-21)30(39)38-32(41)29-9-2-3-16-35-29/h2-19H,20H2,1H3,(H,37,40)(H,38,39,41). The molecule has 0 aliphatic rings. The smallest absolute Gasteiger partial charge is 0.276 e. The molecule has 0 saturated carbocycles. The van der Waals surface area contributed by atoms with Gasteiger partial charge in [0.2, 0.25) is 5.88 Å². The van der Waals surface area contributed by atoms with Gasteiger partial charge >= 0.3 is 0 Å². The zero-order chi connectivity index (χ0) is 30.2. The summed E-state index contributed by atoms with van der Waals surface area (Å²) in [5.74, 6) is -1.05. The van der Waals surface area contributed by atoms with Crippen LogP contribution in [0.4, 0.5) is 4.39 Å². The van der Waals surface area contributed by atoms with Crippen molar-refractivity contribution in [1.29, 1.82) is 0 Å². The number of hydrogen-bond acceptors (Lipinski definition) is 7. The summed E-state index contributed by atoms with van der Waals surface area (Å²) in [6, 6.07) is 25.9. The number of methoxy groups -OCH3 is 1. The van der Waals surface area contributed by atoms with Crippen LogP contribution in [0.3, 0.4) is 0 Å². The molecule has 9 nitrogen and oxygen atoms in total. The highest BCUT2D eigenvalue weighted by molar-refractivity contribution is 6.09. The van der Waals surface area contributed by atoms with E-state index in [9.17, 15) is 14.4 Å². The van der Waals surface area contributed by atoms with Gasteiger partial charge in [0.05, 0.1) is 7.11 Å². The van der Waals surface area contributed by atoms with Crippen molar-refractivity contribution < 1.29 is 28.2 Å². The fourth-order valence-electron chi connectivity index (χ4n) is 4.11. The van der Waals surface area contributed by atoms with Crippen LogP contribution in [0.15, 0.2) is 109 Å². The largest absolute Gasteiger partial charge is 0.497 e. The second kappa shape index (κ2) is 13.2. The third-order valence-corrected chi connectivity index (χ3v) is 6.37. The van der Waals surface area contributed by atoms with E-state index in [0.29, 0.717) is 22.6 Å². The first kappa shape index (κ1) is 28.6. The van der Waals surface area contributed by atoms with Gasteiger partial charge in [-0.2, -0.15) is 0 Å². The van der Waals surface area contributed by atoms with Crippen LogP contribution >= 0.6 is 0 Å². The molecule has 10 heteroatoms. The molecule has 5 rings (SSSR count). The van der Waals surface area contributed by atoms with Crippen LogP contribution in [-0.4, -0.2) is 34.8 Å². The monoisotopic (exact) mass is 576 g/mol. The van der Waals surface area contributed by atoms with E-state index in [1.807, 2.05) is 0 Å². The minimum Gasteiger partial charge on any atom is -0.497 e. The number of pyridine rings is 2. The quantitative estimate of drug-likeness (QED) is 0.220. The predicted molar refractivity (Wildman–Crippen MR) is 156 cm³/mol. The summed E-state index contributed by atoms with van der Waals surface area (Å²) in [7, 11) is 1.54. The Morgan fingerprint density at radius 3 is 2.26 bits per heavy atom. The number of carbonyl (C=O) groups excluding carboxylic acids is 3. The van der Waals surface area contributed by atoms with Gasteiger partial charge in [0.25, 0.3) is 17.7 Å². The van der Waals surface area contributed by atoms with Crippen LogP contribution in [0.5, 0.6) is 17.4 Å². The molecule has 2 heterocycles. The number of imide groups is 1. The summed E-state index contributed by atoms with van der Waals surface area (Å²) in [4.78, 5) is 45.7. The van der Waals surface area contributed by atoms with E-state index in [1.54, 1.807) is 84.9 Å². The third-order valence-electron chi connectivity index (χ3n) is 6.37. The Kier molecular flexibility index (Phi) is 8.77. The van der Waals surface area contributed by atoms with Crippen LogP contribution in [0.2, 0.25) is 0 Å². The molecule has 0 atom stereocenters. The van der Waals surface area contributed by atoms with Crippen LogP contribution in [-0.2, 0) is 6.54 Å². The summed E-state index contributed by atoms with van der Waals surface area (Å²) in [6.45, 7) is -0.0676. The predicted octanol–water partition coefficient (Wildman–Crippen LogP) is 5.58. The van der Waals surface area contributed by atoms with E-state index in [-0.39, 0.29) is 34.8 Å². The summed E-state index contributed by atoms with van der Waals surface area (Å²) >= 11 is 0. The molecule has 0 fully saturated rings. The van der Waals surface area contributed by atoms with Gasteiger partial charge in [0, 0.05) is 36.1 Å². The van der Waals surface area contributed by atoms with Gasteiger partial charge in [-0.15, -0.1) is 0 Å². The lowest BCUT2D eigenvalue weighted by molar-refractivity contribution is 0.0845. The van der Waals surface area contributed by atoms with E-state index < -0.39 is 23.5 Å². The molecule has 43 heavy (non-hydrogen) atoms. The lowest BCUT2D eigenvalue weighted by Gasteiger charge is -2.12. The molecule has 0 radical (unpaired) electrons. The summed E-state index contributed by atoms with van der Waals surface area (Å²) < 4.78 is 26.0. The van der Waals surface area contributed by atoms with Gasteiger partial charge in [-0.1, -0.05) is 36.4 Å². The number of nitrogens with zero attached hydrogens (tertiary/aromatic N) is 2. The second-order valence-electron chi connectivity index (χ2n) is 9.20. The molecular formula is C33H25FN4O5. The van der Waals surface area contributed by atoms with Crippen LogP contribution < -0.4 is 20.1 Å². The van der Waals surface area contributed by atoms with E-state index >= 15 is 4.39 Å². The molecule has 3 amide bonds. The molecule has 3 aromatic carbocycles. The summed E-state index contributed by atoms with van der Waals surface area (Å²) in [6.07, 6.45) is 2.97. The van der Waals surface area contributed by atoms with Crippen molar-refractivity contribution in [3.05, 3.63) is 138 Å². The van der Waals surface area contributed by atoms with E-state index in [4.69, 9.17) is 9.47 Å². The zero-order valence-electron chi connectivity index (χ0n) is 22.9. The summed E-state index contributed by atoms with van der Waals surface area (Å²) in [5, 5.41) is 5.00. The molecule has 0 bridgehead atoms. The lowest BCUT2D eigenvalue weighted by Crippen LogP contribution is -2.30. The Balaban J connectivity index is 1.21. The zero-order valence-corrected chi connectivity index (χ0v) is 22.9. The maximum absolute atomic E-state index is 15.0. The Labute approximate surface area is 246 Å². The third kappa shape index (κ3) is 7.06. The van der Waals surface area contributed by atoms with Crippen molar-refractivity contribution in [2.24, 2.45) is 0 Å². The van der Waals surface area contributed by atoms with Gasteiger partial charge < -0.3 is 14.8 Å². The van der Waals surface area contributed by atoms with E-state index in [1.165, 1.54) is 31.6 Å². The SMILES string of the molecule is COc1cccc(Oc2ncccc2C(=O)NCc2ccc(-c3ccc(C(=O)NC(=O)c4ccccn4)cc3)cc2F)c1. The minimum atomic E-state index is -0.608. The van der Waals surface area contributed by atoms with E-state index in [2.05, 4.69) is 20.6 Å². The van der Waals surface area contributed by atoms with Crippen molar-refractivity contribution in [2.45, 2.75) is 6.54 Å². The number of carbonyl (C=O) groups is 3. The molecular weight excluding hydrogens is 551 g/mol. The second-order valence-corrected chi connectivity index (χ2v) is 9.20. The number of amides is 3. The van der Waals surface area contributed by atoms with Crippen molar-refractivity contribution in [3.8, 4) is 28.5 Å². The Morgan fingerprint density at radius 1 is 0.744 bits per heavy atom. The fourth-order valence-corrected chi connectivity index (χ4v) is 4.11. The van der Waals surface area contributed by atoms with Crippen LogP contribution in [0.25, 0.3) is 11.1 Å². The highest BCUT2D eigenvalue weighted by atomic mass is 19.1. The van der Waals surface area contributed by atoms with Crippen LogP contribution in [0.1, 0.15) is 36.8 Å². The molecule has 0 spiro atoms. The molecule has 2 N–H and O–H groups in total. The summed E-state index contributed by atoms with van der Waals surface area (Å²) in [5.41, 5.74) is 2.09. The highest BCUT2D eigenvalue weighted by Gasteiger charge is 2.16. The Morgan fingerprint density at radius 2 is 1.51 bits per heavy atom. The maximum Gasteiger partial charge on any atom is 0.276 e. The van der Waals surface area contributed by atoms with Gasteiger partial charge in [-0.25, -0.2) is 9.37 Å². The Bertz CT molecular complexity index is 1780. The first-order chi connectivity index (χ1) is 20.9. The van der Waals surface area contributed by atoms with Crippen molar-refractivity contribution in [1.82, 2.24) is 20.6 Å². The first-order valence-corrected chi connectivity index (χ1v) is 13.1. The molecule has 214 valence electrons.